The van der Waals surface area contributed by atoms with Crippen LogP contribution < -0.4 is 10.1 Å². The normalized spacial score (nSPS) is 22.1. The second kappa shape index (κ2) is 9.75. The fraction of sp³-hybridized carbons (Fsp3) is 0.346. The predicted molar refractivity (Wildman–Crippen MR) is 125 cm³/mol. The van der Waals surface area contributed by atoms with Crippen molar-refractivity contribution in [3.05, 3.63) is 77.4 Å². The molecule has 2 fully saturated rings. The molecule has 34 heavy (non-hydrogen) atoms. The zero-order chi connectivity index (χ0) is 23.5. The van der Waals surface area contributed by atoms with Crippen molar-refractivity contribution in [1.82, 2.24) is 14.9 Å². The molecule has 2 aliphatic heterocycles. The highest BCUT2D eigenvalue weighted by Gasteiger charge is 2.40. The summed E-state index contributed by atoms with van der Waals surface area (Å²) in [5.41, 5.74) is 2.52. The van der Waals surface area contributed by atoms with Crippen LogP contribution in [0, 0.1) is 24.1 Å². The van der Waals surface area contributed by atoms with Crippen molar-refractivity contribution in [2.45, 2.75) is 44.5 Å². The number of anilines is 2. The first-order valence-electron chi connectivity index (χ1n) is 11.4. The third kappa shape index (κ3) is 4.72. The first kappa shape index (κ1) is 22.3. The predicted octanol–water partition coefficient (Wildman–Crippen LogP) is 4.35. The van der Waals surface area contributed by atoms with Gasteiger partial charge >= 0.3 is 0 Å². The van der Waals surface area contributed by atoms with E-state index in [4.69, 9.17) is 14.7 Å². The van der Waals surface area contributed by atoms with Crippen LogP contribution in [-0.4, -0.2) is 46.3 Å². The minimum absolute atomic E-state index is 0.0130. The number of aromatic nitrogens is 2. The van der Waals surface area contributed by atoms with E-state index in [-0.39, 0.29) is 29.4 Å². The van der Waals surface area contributed by atoms with Crippen molar-refractivity contribution >= 4 is 11.5 Å². The van der Waals surface area contributed by atoms with Gasteiger partial charge in [0.25, 0.3) is 0 Å². The van der Waals surface area contributed by atoms with Gasteiger partial charge in [-0.2, -0.15) is 5.26 Å². The van der Waals surface area contributed by atoms with Gasteiger partial charge < -0.3 is 14.8 Å². The first-order chi connectivity index (χ1) is 16.6. The van der Waals surface area contributed by atoms with Crippen LogP contribution in [0.1, 0.15) is 29.5 Å². The van der Waals surface area contributed by atoms with Crippen LogP contribution in [0.25, 0.3) is 0 Å². The Hall–Kier alpha value is -3.54. The molecule has 0 radical (unpaired) electrons. The minimum Gasteiger partial charge on any atom is -0.474 e. The molecular weight excluding hydrogens is 433 g/mol. The molecule has 2 unspecified atom stereocenters. The van der Waals surface area contributed by atoms with Gasteiger partial charge in [0.2, 0.25) is 5.88 Å². The first-order valence-corrected chi connectivity index (χ1v) is 11.4. The average molecular weight is 460 g/mol. The largest absolute Gasteiger partial charge is 0.474 e. The van der Waals surface area contributed by atoms with Gasteiger partial charge in [-0.3, -0.25) is 4.90 Å². The molecule has 2 saturated heterocycles. The third-order valence-corrected chi connectivity index (χ3v) is 6.50. The molecule has 0 saturated carbocycles. The lowest BCUT2D eigenvalue weighted by Crippen LogP contribution is -2.58. The van der Waals surface area contributed by atoms with Gasteiger partial charge in [0.05, 0.1) is 36.1 Å². The molecule has 8 heteroatoms. The number of nitrogens with zero attached hydrogens (tertiary/aromatic N) is 4. The smallest absolute Gasteiger partial charge is 0.221 e. The Morgan fingerprint density at radius 1 is 1.15 bits per heavy atom. The summed E-state index contributed by atoms with van der Waals surface area (Å²) in [5, 5.41) is 11.9. The number of nitrogens with one attached hydrogen (secondary N) is 1. The van der Waals surface area contributed by atoms with Crippen LogP contribution >= 0.6 is 0 Å². The van der Waals surface area contributed by atoms with Gasteiger partial charge in [0.1, 0.15) is 24.1 Å². The highest BCUT2D eigenvalue weighted by Crippen LogP contribution is 2.33. The van der Waals surface area contributed by atoms with Crippen LogP contribution in [0.4, 0.5) is 15.9 Å². The van der Waals surface area contributed by atoms with Crippen molar-refractivity contribution in [2.24, 2.45) is 0 Å². The summed E-state index contributed by atoms with van der Waals surface area (Å²) in [6.07, 6.45) is 3.12. The molecule has 2 bridgehead atoms. The van der Waals surface area contributed by atoms with E-state index in [1.54, 1.807) is 6.07 Å². The minimum atomic E-state index is -0.516. The maximum atomic E-state index is 14.3. The van der Waals surface area contributed by atoms with Crippen LogP contribution in [0.3, 0.4) is 0 Å². The lowest BCUT2D eigenvalue weighted by molar-refractivity contribution is -0.104. The number of halogens is 1. The van der Waals surface area contributed by atoms with Crippen molar-refractivity contribution < 1.29 is 13.9 Å². The highest BCUT2D eigenvalue weighted by molar-refractivity contribution is 5.62. The maximum absolute atomic E-state index is 14.3. The average Bonchev–Trinajstić information content (AvgIpc) is 2.84. The maximum Gasteiger partial charge on any atom is 0.221 e. The van der Waals surface area contributed by atoms with Crippen LogP contribution in [0.15, 0.2) is 54.9 Å². The molecule has 0 amide bonds. The van der Waals surface area contributed by atoms with Crippen LogP contribution in [0.5, 0.6) is 5.88 Å². The number of hydrogen-bond donors (Lipinski definition) is 1. The van der Waals surface area contributed by atoms with Crippen LogP contribution in [-0.2, 0) is 11.3 Å². The lowest BCUT2D eigenvalue weighted by atomic mass is 9.91. The molecule has 1 aromatic heterocycles. The number of fused-ring (bicyclic) bond motifs is 2. The van der Waals surface area contributed by atoms with Crippen molar-refractivity contribution in [2.75, 3.05) is 18.5 Å². The Balaban J connectivity index is 1.28. The van der Waals surface area contributed by atoms with Gasteiger partial charge in [0, 0.05) is 31.5 Å². The van der Waals surface area contributed by atoms with Crippen molar-refractivity contribution in [3.63, 3.8) is 0 Å². The van der Waals surface area contributed by atoms with Gasteiger partial charge in [-0.1, -0.05) is 30.3 Å². The van der Waals surface area contributed by atoms with E-state index in [2.05, 4.69) is 44.5 Å². The molecule has 2 aliphatic rings. The molecule has 7 nitrogen and oxygen atoms in total. The summed E-state index contributed by atoms with van der Waals surface area (Å²) in [5.74, 6) is 0.448. The Morgan fingerprint density at radius 3 is 2.62 bits per heavy atom. The number of rotatable bonds is 6. The molecule has 1 N–H and O–H groups in total. The van der Waals surface area contributed by atoms with Gasteiger partial charge in [-0.25, -0.2) is 14.4 Å². The SMILES string of the molecule is Cc1c(Nc2ccc(C#N)cc2F)ncnc1OC1CC2COCC(C1)N2Cc1ccccc1. The highest BCUT2D eigenvalue weighted by atomic mass is 19.1. The van der Waals surface area contributed by atoms with E-state index in [9.17, 15) is 4.39 Å². The van der Waals surface area contributed by atoms with E-state index in [0.29, 0.717) is 30.5 Å². The molecule has 2 aromatic carbocycles. The molecule has 2 atom stereocenters. The topological polar surface area (TPSA) is 83.3 Å². The quantitative estimate of drug-likeness (QED) is 0.587. The summed E-state index contributed by atoms with van der Waals surface area (Å²) in [6, 6.07) is 17.3. The molecule has 174 valence electrons. The molecule has 3 heterocycles. The third-order valence-electron chi connectivity index (χ3n) is 6.50. The Bertz CT molecular complexity index is 1190. The van der Waals surface area contributed by atoms with E-state index in [1.165, 1.54) is 24.0 Å². The van der Waals surface area contributed by atoms with E-state index in [1.807, 2.05) is 19.1 Å². The number of morpholine rings is 1. The molecule has 5 rings (SSSR count). The monoisotopic (exact) mass is 459 g/mol. The summed E-state index contributed by atoms with van der Waals surface area (Å²) in [4.78, 5) is 11.1. The number of hydrogen-bond acceptors (Lipinski definition) is 7. The van der Waals surface area contributed by atoms with E-state index in [0.717, 1.165) is 19.4 Å². The van der Waals surface area contributed by atoms with Crippen LogP contribution in [0.2, 0.25) is 0 Å². The summed E-state index contributed by atoms with van der Waals surface area (Å²) >= 11 is 0. The summed E-state index contributed by atoms with van der Waals surface area (Å²) < 4.78 is 26.6. The molecule has 0 aliphatic carbocycles. The molecular formula is C26H26FN5O2. The fourth-order valence-corrected chi connectivity index (χ4v) is 4.74. The van der Waals surface area contributed by atoms with Gasteiger partial charge in [-0.15, -0.1) is 0 Å². The lowest BCUT2D eigenvalue weighted by Gasteiger charge is -2.48. The number of nitriles is 1. The molecule has 3 aromatic rings. The second-order valence-corrected chi connectivity index (χ2v) is 8.80. The Morgan fingerprint density at radius 2 is 1.91 bits per heavy atom. The van der Waals surface area contributed by atoms with Crippen molar-refractivity contribution in [3.8, 4) is 11.9 Å². The van der Waals surface area contributed by atoms with E-state index >= 15 is 0 Å². The zero-order valence-corrected chi connectivity index (χ0v) is 18.9. The van der Waals surface area contributed by atoms with Gasteiger partial charge in [0.15, 0.2) is 0 Å². The zero-order valence-electron chi connectivity index (χ0n) is 18.9. The Kier molecular flexibility index (Phi) is 6.39. The summed E-state index contributed by atoms with van der Waals surface area (Å²) in [7, 11) is 0. The van der Waals surface area contributed by atoms with E-state index < -0.39 is 5.82 Å². The Labute approximate surface area is 198 Å². The molecule has 0 spiro atoms. The van der Waals surface area contributed by atoms with Gasteiger partial charge in [-0.05, 0) is 30.7 Å². The second-order valence-electron chi connectivity index (χ2n) is 8.80. The summed E-state index contributed by atoms with van der Waals surface area (Å²) in [6.45, 7) is 4.14. The fourth-order valence-electron chi connectivity index (χ4n) is 4.74. The van der Waals surface area contributed by atoms with Crippen molar-refractivity contribution in [1.29, 1.82) is 5.26 Å². The number of piperidine rings is 1. The number of benzene rings is 2. The standard InChI is InChI=1S/C26H26FN5O2/c1-17-25(31-24-8-7-19(12-28)9-23(24)27)29-16-30-26(17)34-22-10-20-14-33-15-21(11-22)32(20)13-18-5-3-2-4-6-18/h2-9,16,20-22H,10-11,13-15H2,1H3,(H,29,30,31). The number of ether oxygens (including phenoxy) is 2.